The van der Waals surface area contributed by atoms with Crippen LogP contribution in [0.15, 0.2) is 55.1 Å². The number of ether oxygens (including phenoxy) is 2. The van der Waals surface area contributed by atoms with Crippen molar-refractivity contribution in [3.63, 3.8) is 0 Å². The molecule has 178 valence electrons. The van der Waals surface area contributed by atoms with Crippen molar-refractivity contribution in [3.8, 4) is 17.6 Å². The van der Waals surface area contributed by atoms with Gasteiger partial charge in [-0.1, -0.05) is 24.3 Å². The Bertz CT molecular complexity index is 1300. The number of nitriles is 1. The van der Waals surface area contributed by atoms with E-state index in [4.69, 9.17) is 19.4 Å². The molecular formula is C26H26N6O3. The van der Waals surface area contributed by atoms with Crippen LogP contribution in [0.25, 0.3) is 11.0 Å². The quantitative estimate of drug-likeness (QED) is 0.526. The average molecular weight is 471 g/mol. The second-order valence-corrected chi connectivity index (χ2v) is 8.47. The summed E-state index contributed by atoms with van der Waals surface area (Å²) in [5.41, 5.74) is 2.94. The molecule has 1 atom stereocenters. The normalized spacial score (nSPS) is 16.0. The fourth-order valence-electron chi connectivity index (χ4n) is 4.36. The molecule has 9 heteroatoms. The van der Waals surface area contributed by atoms with Gasteiger partial charge in [-0.3, -0.25) is 9.69 Å². The maximum absolute atomic E-state index is 12.7. The summed E-state index contributed by atoms with van der Waals surface area (Å²) in [6.07, 6.45) is 1.58. The molecule has 3 aromatic rings. The smallest absolute Gasteiger partial charge is 0.243 e. The molecule has 1 N–H and O–H groups in total. The molecule has 35 heavy (non-hydrogen) atoms. The van der Waals surface area contributed by atoms with Gasteiger partial charge in [0.15, 0.2) is 23.2 Å². The van der Waals surface area contributed by atoms with Crippen LogP contribution in [0.5, 0.6) is 11.5 Å². The molecule has 0 saturated carbocycles. The maximum atomic E-state index is 12.7. The van der Waals surface area contributed by atoms with E-state index in [0.717, 1.165) is 42.2 Å². The number of benzene rings is 2. The number of aromatic nitrogens is 2. The molecule has 2 aliphatic heterocycles. The van der Waals surface area contributed by atoms with Crippen LogP contribution in [0.1, 0.15) is 17.2 Å². The van der Waals surface area contributed by atoms with E-state index < -0.39 is 11.8 Å². The largest absolute Gasteiger partial charge is 0.454 e. The minimum absolute atomic E-state index is 0.266. The van der Waals surface area contributed by atoms with Crippen LogP contribution in [0.4, 0.5) is 5.82 Å². The highest BCUT2D eigenvalue weighted by atomic mass is 16.7. The molecule has 0 bridgehead atoms. The first kappa shape index (κ1) is 22.6. The zero-order valence-corrected chi connectivity index (χ0v) is 19.3. The number of nitrogens with one attached hydrogen (secondary N) is 1. The Morgan fingerprint density at radius 2 is 1.86 bits per heavy atom. The Morgan fingerprint density at radius 1 is 1.11 bits per heavy atom. The number of hydrogen-bond donors (Lipinski definition) is 1. The van der Waals surface area contributed by atoms with Crippen LogP contribution in [0.3, 0.4) is 0 Å². The second kappa shape index (κ2) is 9.99. The van der Waals surface area contributed by atoms with Gasteiger partial charge >= 0.3 is 0 Å². The summed E-state index contributed by atoms with van der Waals surface area (Å²) in [7, 11) is 0. The van der Waals surface area contributed by atoms with E-state index in [-0.39, 0.29) is 13.3 Å². The van der Waals surface area contributed by atoms with Crippen molar-refractivity contribution in [1.29, 1.82) is 5.26 Å². The molecule has 2 aliphatic rings. The summed E-state index contributed by atoms with van der Waals surface area (Å²) in [5.74, 6) is 0.694. The van der Waals surface area contributed by atoms with Crippen LogP contribution in [0, 0.1) is 11.3 Å². The van der Waals surface area contributed by atoms with Gasteiger partial charge < -0.3 is 19.7 Å². The molecule has 1 saturated heterocycles. The summed E-state index contributed by atoms with van der Waals surface area (Å²) in [4.78, 5) is 26.8. The third-order valence-corrected chi connectivity index (χ3v) is 6.18. The lowest BCUT2D eigenvalue weighted by Crippen LogP contribution is -2.47. The molecule has 2 aromatic carbocycles. The summed E-state index contributed by atoms with van der Waals surface area (Å²) in [6.45, 7) is 8.00. The number of carbonyl (C=O) groups excluding carboxylic acids is 1. The summed E-state index contributed by atoms with van der Waals surface area (Å²) in [5, 5.41) is 12.6. The molecule has 3 heterocycles. The lowest BCUT2D eigenvalue weighted by atomic mass is 10.0. The zero-order chi connectivity index (χ0) is 24.2. The van der Waals surface area contributed by atoms with Gasteiger partial charge in [0, 0.05) is 39.3 Å². The number of carbonyl (C=O) groups is 1. The van der Waals surface area contributed by atoms with Crippen LogP contribution in [-0.4, -0.2) is 60.3 Å². The third-order valence-electron chi connectivity index (χ3n) is 6.18. The van der Waals surface area contributed by atoms with Crippen LogP contribution < -0.4 is 19.7 Å². The first-order valence-electron chi connectivity index (χ1n) is 11.6. The first-order valence-corrected chi connectivity index (χ1v) is 11.6. The summed E-state index contributed by atoms with van der Waals surface area (Å²) in [6, 6.07) is 15.7. The van der Waals surface area contributed by atoms with Gasteiger partial charge in [0.2, 0.25) is 12.7 Å². The Morgan fingerprint density at radius 3 is 2.60 bits per heavy atom. The summed E-state index contributed by atoms with van der Waals surface area (Å²) < 4.78 is 10.9. The van der Waals surface area contributed by atoms with E-state index >= 15 is 0 Å². The number of nitrogens with zero attached hydrogens (tertiary/aromatic N) is 5. The average Bonchev–Trinajstić information content (AvgIpc) is 3.36. The molecular weight excluding hydrogens is 444 g/mol. The van der Waals surface area contributed by atoms with Crippen molar-refractivity contribution in [2.45, 2.75) is 12.5 Å². The Hall–Kier alpha value is -4.16. The maximum Gasteiger partial charge on any atom is 0.243 e. The predicted octanol–water partition coefficient (Wildman–Crippen LogP) is 2.59. The SMILES string of the molecule is C=CCNC(=O)[C@H](C#N)c1nc2ccccc2nc1N1CCN(Cc2ccc3c(c2)OCO3)CC1. The topological polar surface area (TPSA) is 104 Å². The highest BCUT2D eigenvalue weighted by Crippen LogP contribution is 2.33. The van der Waals surface area contributed by atoms with Crippen molar-refractivity contribution in [2.24, 2.45) is 0 Å². The fourth-order valence-corrected chi connectivity index (χ4v) is 4.36. The van der Waals surface area contributed by atoms with Gasteiger partial charge in [0.05, 0.1) is 17.1 Å². The van der Waals surface area contributed by atoms with Gasteiger partial charge in [-0.05, 0) is 29.8 Å². The Labute approximate surface area is 203 Å². The Balaban J connectivity index is 1.36. The molecule has 0 unspecified atom stereocenters. The van der Waals surface area contributed by atoms with E-state index in [2.05, 4.69) is 33.8 Å². The monoisotopic (exact) mass is 470 g/mol. The number of rotatable bonds is 7. The van der Waals surface area contributed by atoms with E-state index in [1.165, 1.54) is 0 Å². The van der Waals surface area contributed by atoms with Gasteiger partial charge in [-0.25, -0.2) is 9.97 Å². The van der Waals surface area contributed by atoms with Crippen molar-refractivity contribution < 1.29 is 14.3 Å². The molecule has 9 nitrogen and oxygen atoms in total. The van der Waals surface area contributed by atoms with E-state index in [1.54, 1.807) is 6.08 Å². The fraction of sp³-hybridized carbons (Fsp3) is 0.308. The number of amides is 1. The molecule has 0 spiro atoms. The van der Waals surface area contributed by atoms with Gasteiger partial charge in [0.1, 0.15) is 5.69 Å². The molecule has 5 rings (SSSR count). The Kier molecular flexibility index (Phi) is 6.46. The lowest BCUT2D eigenvalue weighted by molar-refractivity contribution is -0.121. The van der Waals surface area contributed by atoms with Gasteiger partial charge in [0.25, 0.3) is 0 Å². The molecule has 0 aliphatic carbocycles. The van der Waals surface area contributed by atoms with Crippen molar-refractivity contribution in [2.75, 3.05) is 44.4 Å². The number of piperazine rings is 1. The number of para-hydroxylation sites is 2. The van der Waals surface area contributed by atoms with Crippen molar-refractivity contribution in [1.82, 2.24) is 20.2 Å². The second-order valence-electron chi connectivity index (χ2n) is 8.47. The van der Waals surface area contributed by atoms with Gasteiger partial charge in [-0.2, -0.15) is 5.26 Å². The highest BCUT2D eigenvalue weighted by Gasteiger charge is 2.30. The van der Waals surface area contributed by atoms with Crippen LogP contribution in [0.2, 0.25) is 0 Å². The predicted molar refractivity (Wildman–Crippen MR) is 131 cm³/mol. The molecule has 1 amide bonds. The number of hydrogen-bond acceptors (Lipinski definition) is 8. The first-order chi connectivity index (χ1) is 17.2. The van der Waals surface area contributed by atoms with Crippen molar-refractivity contribution in [3.05, 3.63) is 66.4 Å². The molecule has 1 fully saturated rings. The van der Waals surface area contributed by atoms with E-state index in [9.17, 15) is 10.1 Å². The number of anilines is 1. The number of fused-ring (bicyclic) bond motifs is 2. The highest BCUT2D eigenvalue weighted by molar-refractivity contribution is 5.89. The van der Waals surface area contributed by atoms with Gasteiger partial charge in [-0.15, -0.1) is 6.58 Å². The van der Waals surface area contributed by atoms with Crippen LogP contribution in [-0.2, 0) is 11.3 Å². The minimum atomic E-state index is -1.06. The standard InChI is InChI=1S/C26H26N6O3/c1-2-9-28-26(33)19(15-27)24-25(30-21-6-4-3-5-20(21)29-24)32-12-10-31(11-13-32)16-18-7-8-22-23(14-18)35-17-34-22/h2-8,14,19H,1,9-13,16-17H2,(H,28,33)/t19-/m1/s1. The summed E-state index contributed by atoms with van der Waals surface area (Å²) >= 11 is 0. The van der Waals surface area contributed by atoms with E-state index in [0.29, 0.717) is 30.1 Å². The minimum Gasteiger partial charge on any atom is -0.454 e. The van der Waals surface area contributed by atoms with Crippen molar-refractivity contribution >= 4 is 22.8 Å². The third kappa shape index (κ3) is 4.74. The van der Waals surface area contributed by atoms with E-state index in [1.807, 2.05) is 36.4 Å². The molecule has 1 aromatic heterocycles. The lowest BCUT2D eigenvalue weighted by Gasteiger charge is -2.36. The zero-order valence-electron chi connectivity index (χ0n) is 19.3. The van der Waals surface area contributed by atoms with Crippen LogP contribution >= 0.6 is 0 Å². The molecule has 0 radical (unpaired) electrons.